The first-order valence-electron chi connectivity index (χ1n) is 5.55. The maximum atomic E-state index is 12.1. The minimum atomic E-state index is -3.77. The molecule has 0 spiro atoms. The number of methoxy groups -OCH3 is 1. The predicted octanol–water partition coefficient (Wildman–Crippen LogP) is 1.15. The van der Waals surface area contributed by atoms with Crippen LogP contribution in [0.1, 0.15) is 11.3 Å². The molecule has 0 amide bonds. The quantitative estimate of drug-likeness (QED) is 0.858. The molecule has 0 atom stereocenters. The van der Waals surface area contributed by atoms with Crippen LogP contribution in [0.15, 0.2) is 21.7 Å². The first kappa shape index (κ1) is 14.7. The van der Waals surface area contributed by atoms with E-state index in [-0.39, 0.29) is 22.6 Å². The minimum absolute atomic E-state index is 0.0548. The molecule has 7 nitrogen and oxygen atoms in total. The molecular formula is C11H13N3O4S2. The maximum absolute atomic E-state index is 12.1. The van der Waals surface area contributed by atoms with E-state index in [1.807, 2.05) is 0 Å². The Labute approximate surface area is 120 Å². The summed E-state index contributed by atoms with van der Waals surface area (Å²) in [5, 5.41) is 10.5. The second-order valence-electron chi connectivity index (χ2n) is 3.91. The molecule has 0 saturated heterocycles. The van der Waals surface area contributed by atoms with Crippen molar-refractivity contribution < 1.29 is 18.3 Å². The number of nitrogens with zero attached hydrogens (tertiary/aromatic N) is 2. The monoisotopic (exact) mass is 315 g/mol. The average Bonchev–Trinajstić information content (AvgIpc) is 2.87. The van der Waals surface area contributed by atoms with Crippen molar-refractivity contribution in [2.75, 3.05) is 11.8 Å². The molecule has 9 heteroatoms. The van der Waals surface area contributed by atoms with E-state index in [0.29, 0.717) is 11.3 Å². The van der Waals surface area contributed by atoms with E-state index in [2.05, 4.69) is 14.7 Å². The van der Waals surface area contributed by atoms with Crippen LogP contribution in [0.5, 0.6) is 5.88 Å². The highest BCUT2D eigenvalue weighted by molar-refractivity contribution is 7.94. The van der Waals surface area contributed by atoms with E-state index in [4.69, 9.17) is 9.84 Å². The van der Waals surface area contributed by atoms with Gasteiger partial charge in [0.1, 0.15) is 4.21 Å². The number of aryl methyl sites for hydroxylation is 1. The lowest BCUT2D eigenvalue weighted by molar-refractivity contribution is 0.282. The molecule has 0 bridgehead atoms. The third-order valence-corrected chi connectivity index (χ3v) is 5.16. The number of aliphatic hydroxyl groups excluding tert-OH is 1. The fourth-order valence-electron chi connectivity index (χ4n) is 1.44. The number of ether oxygens (including phenoxy) is 1. The molecule has 2 rings (SSSR count). The zero-order valence-corrected chi connectivity index (χ0v) is 12.5. The lowest BCUT2D eigenvalue weighted by atomic mass is 10.4. The fraction of sp³-hybridized carbons (Fsp3) is 0.273. The number of thiophene rings is 1. The molecule has 2 heterocycles. The number of anilines is 1. The van der Waals surface area contributed by atoms with Gasteiger partial charge < -0.3 is 9.84 Å². The molecule has 108 valence electrons. The van der Waals surface area contributed by atoms with Crippen molar-refractivity contribution in [2.45, 2.75) is 17.7 Å². The number of hydrogen-bond donors (Lipinski definition) is 2. The van der Waals surface area contributed by atoms with E-state index < -0.39 is 10.0 Å². The summed E-state index contributed by atoms with van der Waals surface area (Å²) >= 11 is 1.02. The molecule has 2 N–H and O–H groups in total. The molecule has 0 fully saturated rings. The highest BCUT2D eigenvalue weighted by Crippen LogP contribution is 2.22. The SMILES string of the molecule is COc1cc(C)nc(NS(=O)(=O)c2cc(CO)cs2)n1. The summed E-state index contributed by atoms with van der Waals surface area (Å²) in [4.78, 5) is 7.91. The van der Waals surface area contributed by atoms with Crippen molar-refractivity contribution in [3.8, 4) is 5.88 Å². The fourth-order valence-corrected chi connectivity index (χ4v) is 3.58. The number of hydrogen-bond acceptors (Lipinski definition) is 7. The zero-order chi connectivity index (χ0) is 14.8. The normalized spacial score (nSPS) is 11.3. The number of aliphatic hydroxyl groups is 1. The van der Waals surface area contributed by atoms with E-state index in [1.165, 1.54) is 13.2 Å². The lowest BCUT2D eigenvalue weighted by Crippen LogP contribution is -2.14. The van der Waals surface area contributed by atoms with Crippen molar-refractivity contribution in [1.82, 2.24) is 9.97 Å². The molecule has 0 unspecified atom stereocenters. The Kier molecular flexibility index (Phi) is 4.21. The Balaban J connectivity index is 2.30. The second kappa shape index (κ2) is 5.73. The summed E-state index contributed by atoms with van der Waals surface area (Å²) in [5.74, 6) is 0.221. The molecule has 0 radical (unpaired) electrons. The van der Waals surface area contributed by atoms with Gasteiger partial charge in [0, 0.05) is 11.8 Å². The molecule has 0 aliphatic heterocycles. The van der Waals surface area contributed by atoms with Crippen molar-refractivity contribution in [3.63, 3.8) is 0 Å². The van der Waals surface area contributed by atoms with Gasteiger partial charge in [-0.3, -0.25) is 0 Å². The highest BCUT2D eigenvalue weighted by Gasteiger charge is 2.18. The van der Waals surface area contributed by atoms with Crippen LogP contribution in [-0.2, 0) is 16.6 Å². The standard InChI is InChI=1S/C11H13N3O4S2/c1-7-3-9(18-2)13-11(12-7)14-20(16,17)10-4-8(5-15)6-19-10/h3-4,6,15H,5H2,1-2H3,(H,12,13,14). The Morgan fingerprint density at radius 3 is 2.75 bits per heavy atom. The molecule has 0 aromatic carbocycles. The zero-order valence-electron chi connectivity index (χ0n) is 10.8. The number of rotatable bonds is 5. The second-order valence-corrected chi connectivity index (χ2v) is 6.73. The summed E-state index contributed by atoms with van der Waals surface area (Å²) in [6.45, 7) is 1.50. The summed E-state index contributed by atoms with van der Waals surface area (Å²) in [6.07, 6.45) is 0. The third-order valence-electron chi connectivity index (χ3n) is 2.34. The third kappa shape index (κ3) is 3.24. The molecule has 2 aromatic rings. The Bertz CT molecular complexity index is 712. The van der Waals surface area contributed by atoms with Gasteiger partial charge >= 0.3 is 0 Å². The van der Waals surface area contributed by atoms with Crippen LogP contribution < -0.4 is 9.46 Å². The molecule has 0 aliphatic carbocycles. The van der Waals surface area contributed by atoms with Crippen molar-refractivity contribution >= 4 is 27.3 Å². The van der Waals surface area contributed by atoms with Crippen LogP contribution in [0.3, 0.4) is 0 Å². The van der Waals surface area contributed by atoms with Crippen LogP contribution in [0, 0.1) is 6.92 Å². The van der Waals surface area contributed by atoms with Gasteiger partial charge in [-0.1, -0.05) is 0 Å². The van der Waals surface area contributed by atoms with Gasteiger partial charge in [0.15, 0.2) is 0 Å². The van der Waals surface area contributed by atoms with Crippen LogP contribution in [0.4, 0.5) is 5.95 Å². The first-order chi connectivity index (χ1) is 9.44. The first-order valence-corrected chi connectivity index (χ1v) is 7.91. The van der Waals surface area contributed by atoms with Crippen LogP contribution in [-0.4, -0.2) is 30.6 Å². The van der Waals surface area contributed by atoms with Gasteiger partial charge in [-0.15, -0.1) is 11.3 Å². The Morgan fingerprint density at radius 2 is 2.15 bits per heavy atom. The maximum Gasteiger partial charge on any atom is 0.273 e. The van der Waals surface area contributed by atoms with Gasteiger partial charge in [0.25, 0.3) is 10.0 Å². The predicted molar refractivity (Wildman–Crippen MR) is 74.4 cm³/mol. The van der Waals surface area contributed by atoms with E-state index >= 15 is 0 Å². The summed E-state index contributed by atoms with van der Waals surface area (Å²) < 4.78 is 31.6. The van der Waals surface area contributed by atoms with Crippen LogP contribution in [0.2, 0.25) is 0 Å². The summed E-state index contributed by atoms with van der Waals surface area (Å²) in [7, 11) is -2.33. The molecule has 0 aliphatic rings. The van der Waals surface area contributed by atoms with Gasteiger partial charge in [-0.25, -0.2) is 18.1 Å². The molecular weight excluding hydrogens is 302 g/mol. The number of sulfonamides is 1. The minimum Gasteiger partial charge on any atom is -0.481 e. The van der Waals surface area contributed by atoms with E-state index in [9.17, 15) is 8.42 Å². The largest absolute Gasteiger partial charge is 0.481 e. The van der Waals surface area contributed by atoms with Crippen molar-refractivity contribution in [1.29, 1.82) is 0 Å². The Hall–Kier alpha value is -1.71. The summed E-state index contributed by atoms with van der Waals surface area (Å²) in [6, 6.07) is 2.99. The van der Waals surface area contributed by atoms with E-state index in [0.717, 1.165) is 11.3 Å². The highest BCUT2D eigenvalue weighted by atomic mass is 32.2. The number of nitrogens with one attached hydrogen (secondary N) is 1. The topological polar surface area (TPSA) is 101 Å². The van der Waals surface area contributed by atoms with Gasteiger partial charge in [0.05, 0.1) is 13.7 Å². The smallest absolute Gasteiger partial charge is 0.273 e. The van der Waals surface area contributed by atoms with Crippen LogP contribution >= 0.6 is 11.3 Å². The van der Waals surface area contributed by atoms with E-state index in [1.54, 1.807) is 18.4 Å². The summed E-state index contributed by atoms with van der Waals surface area (Å²) in [5.41, 5.74) is 1.12. The van der Waals surface area contributed by atoms with Crippen LogP contribution in [0.25, 0.3) is 0 Å². The van der Waals surface area contributed by atoms with Crippen molar-refractivity contribution in [2.24, 2.45) is 0 Å². The van der Waals surface area contributed by atoms with Gasteiger partial charge in [-0.05, 0) is 23.9 Å². The lowest BCUT2D eigenvalue weighted by Gasteiger charge is -2.07. The van der Waals surface area contributed by atoms with Crippen molar-refractivity contribution in [3.05, 3.63) is 28.8 Å². The molecule has 20 heavy (non-hydrogen) atoms. The average molecular weight is 315 g/mol. The molecule has 2 aromatic heterocycles. The molecule has 0 saturated carbocycles. The Morgan fingerprint density at radius 1 is 1.40 bits per heavy atom. The van der Waals surface area contributed by atoms with Gasteiger partial charge in [0.2, 0.25) is 11.8 Å². The van der Waals surface area contributed by atoms with Gasteiger partial charge in [-0.2, -0.15) is 4.98 Å². The number of aromatic nitrogens is 2.